The van der Waals surface area contributed by atoms with E-state index in [0.29, 0.717) is 19.1 Å². The van der Waals surface area contributed by atoms with Gasteiger partial charge < -0.3 is 15.2 Å². The first-order chi connectivity index (χ1) is 9.33. The Morgan fingerprint density at radius 3 is 2.58 bits per heavy atom. The van der Waals surface area contributed by atoms with Crippen LogP contribution in [0.2, 0.25) is 0 Å². The van der Waals surface area contributed by atoms with Gasteiger partial charge in [0.2, 0.25) is 0 Å². The first kappa shape index (κ1) is 12.3. The van der Waals surface area contributed by atoms with E-state index in [4.69, 9.17) is 15.2 Å². The van der Waals surface area contributed by atoms with Crippen molar-refractivity contribution in [2.24, 2.45) is 16.6 Å². The topological polar surface area (TPSA) is 56.8 Å². The van der Waals surface area contributed by atoms with Crippen LogP contribution in [-0.4, -0.2) is 19.0 Å². The second-order valence-electron chi connectivity index (χ2n) is 5.20. The van der Waals surface area contributed by atoms with Crippen LogP contribution >= 0.6 is 0 Å². The third kappa shape index (κ3) is 2.83. The molecule has 1 saturated carbocycles. The summed E-state index contributed by atoms with van der Waals surface area (Å²) in [6.07, 6.45) is 5.78. The number of ether oxygens (including phenoxy) is 2. The highest BCUT2D eigenvalue weighted by molar-refractivity contribution is 5.85. The number of benzene rings is 1. The highest BCUT2D eigenvalue weighted by atomic mass is 16.5. The van der Waals surface area contributed by atoms with Crippen molar-refractivity contribution < 1.29 is 9.47 Å². The Kier molecular flexibility index (Phi) is 3.58. The van der Waals surface area contributed by atoms with Gasteiger partial charge in [-0.1, -0.05) is 12.8 Å². The highest BCUT2D eigenvalue weighted by Crippen LogP contribution is 2.34. The normalized spacial score (nSPS) is 20.3. The number of fused-ring (bicyclic) bond motifs is 1. The van der Waals surface area contributed by atoms with Crippen molar-refractivity contribution in [3.05, 3.63) is 18.2 Å². The highest BCUT2D eigenvalue weighted by Gasteiger charge is 2.19. The van der Waals surface area contributed by atoms with Gasteiger partial charge in [-0.15, -0.1) is 0 Å². The van der Waals surface area contributed by atoms with Gasteiger partial charge in [-0.05, 0) is 25.0 Å². The van der Waals surface area contributed by atoms with Crippen molar-refractivity contribution in [1.29, 1.82) is 0 Å². The molecule has 19 heavy (non-hydrogen) atoms. The molecule has 0 bridgehead atoms. The molecule has 4 nitrogen and oxygen atoms in total. The van der Waals surface area contributed by atoms with Crippen LogP contribution in [0.3, 0.4) is 0 Å². The van der Waals surface area contributed by atoms with Crippen LogP contribution < -0.4 is 15.2 Å². The number of hydrogen-bond donors (Lipinski definition) is 1. The third-order valence-corrected chi connectivity index (χ3v) is 3.76. The van der Waals surface area contributed by atoms with Crippen molar-refractivity contribution >= 4 is 11.5 Å². The van der Waals surface area contributed by atoms with Crippen LogP contribution in [0, 0.1) is 5.92 Å². The lowest BCUT2D eigenvalue weighted by Crippen LogP contribution is -2.20. The molecule has 102 valence electrons. The fourth-order valence-electron chi connectivity index (χ4n) is 2.68. The Hall–Kier alpha value is -1.71. The Morgan fingerprint density at radius 1 is 1.05 bits per heavy atom. The zero-order valence-electron chi connectivity index (χ0n) is 11.1. The largest absolute Gasteiger partial charge is 0.490 e. The molecule has 0 radical (unpaired) electrons. The van der Waals surface area contributed by atoms with Crippen LogP contribution in [0.25, 0.3) is 0 Å². The lowest BCUT2D eigenvalue weighted by Gasteiger charge is -2.10. The minimum atomic E-state index is 0.455. The molecule has 0 aromatic heterocycles. The molecule has 2 N–H and O–H groups in total. The summed E-state index contributed by atoms with van der Waals surface area (Å²) in [7, 11) is 0. The Balaban J connectivity index is 1.81. The predicted molar refractivity (Wildman–Crippen MR) is 75.3 cm³/mol. The molecule has 0 amide bonds. The molecule has 2 aliphatic rings. The van der Waals surface area contributed by atoms with E-state index in [1.54, 1.807) is 0 Å². The second kappa shape index (κ2) is 5.51. The zero-order chi connectivity index (χ0) is 13.1. The maximum absolute atomic E-state index is 6.10. The quantitative estimate of drug-likeness (QED) is 0.657. The fourth-order valence-corrected chi connectivity index (χ4v) is 2.68. The molecule has 0 unspecified atom stereocenters. The summed E-state index contributed by atoms with van der Waals surface area (Å²) in [5.41, 5.74) is 6.95. The molecule has 0 atom stereocenters. The average Bonchev–Trinajstić information content (AvgIpc) is 2.85. The summed E-state index contributed by atoms with van der Waals surface area (Å²) in [5.74, 6) is 2.79. The average molecular weight is 260 g/mol. The van der Waals surface area contributed by atoms with E-state index in [1.807, 2.05) is 18.2 Å². The number of rotatable bonds is 2. The molecule has 1 heterocycles. The number of aliphatic imine (C=N–C) groups is 1. The Labute approximate surface area is 113 Å². The van der Waals surface area contributed by atoms with Gasteiger partial charge in [0.25, 0.3) is 0 Å². The van der Waals surface area contributed by atoms with Gasteiger partial charge in [0.05, 0.1) is 18.9 Å². The second-order valence-corrected chi connectivity index (χ2v) is 5.20. The van der Waals surface area contributed by atoms with Gasteiger partial charge in [0.15, 0.2) is 11.5 Å². The van der Waals surface area contributed by atoms with E-state index in [2.05, 4.69) is 4.99 Å². The van der Waals surface area contributed by atoms with Crippen LogP contribution in [0.1, 0.15) is 32.1 Å². The number of amidine groups is 1. The van der Waals surface area contributed by atoms with E-state index >= 15 is 0 Å². The van der Waals surface area contributed by atoms with E-state index < -0.39 is 0 Å². The lowest BCUT2D eigenvalue weighted by molar-refractivity contribution is 0.297. The standard InChI is InChI=1S/C15H20N2O2/c16-15(11-4-1-2-5-11)17-12-6-7-13-14(10-12)19-9-3-8-18-13/h6-7,10-11H,1-5,8-9H2,(H2,16,17). The van der Waals surface area contributed by atoms with E-state index in [9.17, 15) is 0 Å². The summed E-state index contributed by atoms with van der Waals surface area (Å²) in [6, 6.07) is 5.78. The summed E-state index contributed by atoms with van der Waals surface area (Å²) in [5, 5.41) is 0. The molecule has 1 aromatic carbocycles. The van der Waals surface area contributed by atoms with Crippen LogP contribution in [0.15, 0.2) is 23.2 Å². The predicted octanol–water partition coefficient (Wildman–Crippen LogP) is 3.03. The number of nitrogens with two attached hydrogens (primary N) is 1. The molecular weight excluding hydrogens is 240 g/mol. The molecule has 1 aliphatic heterocycles. The van der Waals surface area contributed by atoms with Gasteiger partial charge in [0.1, 0.15) is 5.84 Å². The van der Waals surface area contributed by atoms with Gasteiger partial charge in [-0.25, -0.2) is 4.99 Å². The minimum absolute atomic E-state index is 0.455. The molecule has 0 spiro atoms. The molecular formula is C15H20N2O2. The Morgan fingerprint density at radius 2 is 1.79 bits per heavy atom. The minimum Gasteiger partial charge on any atom is -0.490 e. The van der Waals surface area contributed by atoms with E-state index in [-0.39, 0.29) is 0 Å². The van der Waals surface area contributed by atoms with Crippen LogP contribution in [0.5, 0.6) is 11.5 Å². The maximum Gasteiger partial charge on any atom is 0.163 e. The summed E-state index contributed by atoms with van der Waals surface area (Å²) in [6.45, 7) is 1.40. The van der Waals surface area contributed by atoms with Crippen molar-refractivity contribution in [3.8, 4) is 11.5 Å². The first-order valence-electron chi connectivity index (χ1n) is 7.06. The molecule has 1 fully saturated rings. The lowest BCUT2D eigenvalue weighted by atomic mass is 10.1. The van der Waals surface area contributed by atoms with Gasteiger partial charge in [-0.3, -0.25) is 0 Å². The molecule has 4 heteroatoms. The van der Waals surface area contributed by atoms with Crippen molar-refractivity contribution in [3.63, 3.8) is 0 Å². The summed E-state index contributed by atoms with van der Waals surface area (Å²) >= 11 is 0. The molecule has 1 aliphatic carbocycles. The van der Waals surface area contributed by atoms with Crippen molar-refractivity contribution in [2.75, 3.05) is 13.2 Å². The number of hydrogen-bond acceptors (Lipinski definition) is 3. The summed E-state index contributed by atoms with van der Waals surface area (Å²) in [4.78, 5) is 4.54. The zero-order valence-corrected chi connectivity index (χ0v) is 11.1. The van der Waals surface area contributed by atoms with E-state index in [1.165, 1.54) is 25.7 Å². The van der Waals surface area contributed by atoms with Gasteiger partial charge >= 0.3 is 0 Å². The summed E-state index contributed by atoms with van der Waals surface area (Å²) < 4.78 is 11.3. The van der Waals surface area contributed by atoms with Gasteiger partial charge in [-0.2, -0.15) is 0 Å². The monoisotopic (exact) mass is 260 g/mol. The molecule has 1 aromatic rings. The van der Waals surface area contributed by atoms with Crippen LogP contribution in [0.4, 0.5) is 5.69 Å². The molecule has 0 saturated heterocycles. The fraction of sp³-hybridized carbons (Fsp3) is 0.533. The van der Waals surface area contributed by atoms with Crippen LogP contribution in [-0.2, 0) is 0 Å². The van der Waals surface area contributed by atoms with E-state index in [0.717, 1.165) is 29.4 Å². The smallest absolute Gasteiger partial charge is 0.163 e. The third-order valence-electron chi connectivity index (χ3n) is 3.76. The first-order valence-corrected chi connectivity index (χ1v) is 7.06. The maximum atomic E-state index is 6.10. The van der Waals surface area contributed by atoms with Crippen molar-refractivity contribution in [2.45, 2.75) is 32.1 Å². The number of nitrogens with zero attached hydrogens (tertiary/aromatic N) is 1. The molecule has 3 rings (SSSR count). The van der Waals surface area contributed by atoms with Gasteiger partial charge in [0, 0.05) is 18.4 Å². The SMILES string of the molecule is NC(=Nc1ccc2c(c1)OCCCO2)C1CCCC1. The van der Waals surface area contributed by atoms with Crippen molar-refractivity contribution in [1.82, 2.24) is 0 Å². The Bertz CT molecular complexity index is 479.